The number of ether oxygens (including phenoxy) is 1. The fourth-order valence-electron chi connectivity index (χ4n) is 2.00. The van der Waals surface area contributed by atoms with Crippen molar-refractivity contribution in [3.63, 3.8) is 0 Å². The second-order valence-corrected chi connectivity index (χ2v) is 4.67. The fourth-order valence-corrected chi connectivity index (χ4v) is 2.00. The summed E-state index contributed by atoms with van der Waals surface area (Å²) in [5.41, 5.74) is 1.69. The maximum absolute atomic E-state index is 11.0. The van der Waals surface area contributed by atoms with Crippen LogP contribution >= 0.6 is 0 Å². The van der Waals surface area contributed by atoms with Crippen LogP contribution in [0.2, 0.25) is 0 Å². The Morgan fingerprint density at radius 1 is 1.21 bits per heavy atom. The van der Waals surface area contributed by atoms with E-state index in [1.54, 1.807) is 0 Å². The minimum Gasteiger partial charge on any atom is -0.487 e. The Morgan fingerprint density at radius 3 is 2.53 bits per heavy atom. The molecule has 0 atom stereocenters. The summed E-state index contributed by atoms with van der Waals surface area (Å²) >= 11 is 0. The van der Waals surface area contributed by atoms with Gasteiger partial charge in [-0.2, -0.15) is 0 Å². The smallest absolute Gasteiger partial charge is 0.311 e. The van der Waals surface area contributed by atoms with E-state index in [1.165, 1.54) is 6.07 Å². The molecule has 0 unspecified atom stereocenters. The Morgan fingerprint density at radius 2 is 1.89 bits per heavy atom. The second kappa shape index (κ2) is 7.74. The summed E-state index contributed by atoms with van der Waals surface area (Å²) in [6.45, 7) is 4.33. The van der Waals surface area contributed by atoms with E-state index in [0.29, 0.717) is 12.4 Å². The Labute approximate surface area is 113 Å². The first kappa shape index (κ1) is 15.4. The molecule has 0 amide bonds. The van der Waals surface area contributed by atoms with E-state index < -0.39 is 4.92 Å². The maximum Gasteiger partial charge on any atom is 0.311 e. The van der Waals surface area contributed by atoms with Crippen molar-refractivity contribution in [1.82, 2.24) is 0 Å². The summed E-state index contributed by atoms with van der Waals surface area (Å²) in [4.78, 5) is 10.6. The van der Waals surface area contributed by atoms with E-state index in [2.05, 4.69) is 0 Å². The van der Waals surface area contributed by atoms with Crippen LogP contribution in [0.4, 0.5) is 5.69 Å². The van der Waals surface area contributed by atoms with E-state index in [9.17, 15) is 10.1 Å². The molecule has 0 aliphatic carbocycles. The summed E-state index contributed by atoms with van der Waals surface area (Å²) < 4.78 is 5.56. The van der Waals surface area contributed by atoms with Gasteiger partial charge in [0, 0.05) is 12.7 Å². The van der Waals surface area contributed by atoms with Gasteiger partial charge in [-0.25, -0.2) is 0 Å². The van der Waals surface area contributed by atoms with E-state index in [0.717, 1.165) is 36.8 Å². The van der Waals surface area contributed by atoms with Gasteiger partial charge in [0.05, 0.1) is 11.5 Å². The molecule has 1 N–H and O–H groups in total. The number of benzene rings is 1. The van der Waals surface area contributed by atoms with Crippen molar-refractivity contribution < 1.29 is 14.8 Å². The number of aliphatic hydroxyl groups is 1. The Hall–Kier alpha value is -1.62. The molecule has 0 heterocycles. The Balaban J connectivity index is 2.59. The molecule has 19 heavy (non-hydrogen) atoms. The highest BCUT2D eigenvalue weighted by Crippen LogP contribution is 2.32. The van der Waals surface area contributed by atoms with Crippen LogP contribution in [0, 0.1) is 24.0 Å². The summed E-state index contributed by atoms with van der Waals surface area (Å²) in [6.07, 6.45) is 3.54. The minimum atomic E-state index is -0.402. The lowest BCUT2D eigenvalue weighted by Gasteiger charge is -2.10. The van der Waals surface area contributed by atoms with Gasteiger partial charge < -0.3 is 9.84 Å². The van der Waals surface area contributed by atoms with Gasteiger partial charge in [-0.15, -0.1) is 0 Å². The molecular weight excluding hydrogens is 246 g/mol. The molecule has 0 aromatic heterocycles. The van der Waals surface area contributed by atoms with Crippen LogP contribution in [0.5, 0.6) is 5.75 Å². The molecule has 0 aliphatic rings. The number of hydrogen-bond acceptors (Lipinski definition) is 4. The highest BCUT2D eigenvalue weighted by atomic mass is 16.6. The molecule has 0 spiro atoms. The van der Waals surface area contributed by atoms with E-state index >= 15 is 0 Å². The lowest BCUT2D eigenvalue weighted by Crippen LogP contribution is -2.03. The molecule has 5 heteroatoms. The van der Waals surface area contributed by atoms with Crippen molar-refractivity contribution >= 4 is 5.69 Å². The molecule has 0 radical (unpaired) electrons. The average Bonchev–Trinajstić information content (AvgIpc) is 2.34. The van der Waals surface area contributed by atoms with Crippen LogP contribution in [0.1, 0.15) is 36.8 Å². The van der Waals surface area contributed by atoms with Crippen LogP contribution in [0.15, 0.2) is 12.1 Å². The number of nitro groups is 1. The first-order valence-electron chi connectivity index (χ1n) is 6.55. The highest BCUT2D eigenvalue weighted by molar-refractivity contribution is 5.53. The highest BCUT2D eigenvalue weighted by Gasteiger charge is 2.18. The SMILES string of the molecule is Cc1cc(C)c(OCCCCCCO)c([N+](=O)[O-])c1. The van der Waals surface area contributed by atoms with E-state index in [-0.39, 0.29) is 12.3 Å². The number of rotatable bonds is 8. The van der Waals surface area contributed by atoms with Crippen molar-refractivity contribution in [2.45, 2.75) is 39.5 Å². The zero-order valence-electron chi connectivity index (χ0n) is 11.5. The number of unbranched alkanes of at least 4 members (excludes halogenated alkanes) is 3. The van der Waals surface area contributed by atoms with Crippen LogP contribution in [-0.2, 0) is 0 Å². The normalized spacial score (nSPS) is 10.5. The first-order chi connectivity index (χ1) is 9.06. The van der Waals surface area contributed by atoms with Crippen molar-refractivity contribution in [3.8, 4) is 5.75 Å². The van der Waals surface area contributed by atoms with Crippen LogP contribution in [0.25, 0.3) is 0 Å². The van der Waals surface area contributed by atoms with Gasteiger partial charge in [-0.1, -0.05) is 12.5 Å². The molecule has 0 saturated heterocycles. The third-order valence-corrected chi connectivity index (χ3v) is 2.89. The standard InChI is InChI=1S/C14H21NO4/c1-11-9-12(2)14(13(10-11)15(17)18)19-8-6-4-3-5-7-16/h9-10,16H,3-8H2,1-2H3. The molecule has 106 valence electrons. The van der Waals surface area contributed by atoms with Gasteiger partial charge >= 0.3 is 5.69 Å². The molecule has 0 fully saturated rings. The zero-order chi connectivity index (χ0) is 14.3. The molecule has 1 rings (SSSR count). The summed E-state index contributed by atoms with van der Waals surface area (Å²) in [6, 6.07) is 3.42. The van der Waals surface area contributed by atoms with Crippen LogP contribution in [-0.4, -0.2) is 23.2 Å². The summed E-state index contributed by atoms with van der Waals surface area (Å²) in [7, 11) is 0. The van der Waals surface area contributed by atoms with Crippen LogP contribution < -0.4 is 4.74 Å². The molecule has 1 aromatic carbocycles. The molecule has 0 bridgehead atoms. The van der Waals surface area contributed by atoms with Gasteiger partial charge in [0.15, 0.2) is 5.75 Å². The molecule has 5 nitrogen and oxygen atoms in total. The number of aliphatic hydroxyl groups excluding tert-OH is 1. The topological polar surface area (TPSA) is 72.6 Å². The molecule has 0 aliphatic heterocycles. The average molecular weight is 267 g/mol. The third kappa shape index (κ3) is 4.87. The Bertz CT molecular complexity index is 432. The first-order valence-corrected chi connectivity index (χ1v) is 6.55. The lowest BCUT2D eigenvalue weighted by atomic mass is 10.1. The molecule has 0 saturated carbocycles. The third-order valence-electron chi connectivity index (χ3n) is 2.89. The predicted molar refractivity (Wildman–Crippen MR) is 73.6 cm³/mol. The monoisotopic (exact) mass is 267 g/mol. The molecular formula is C14H21NO4. The van der Waals surface area contributed by atoms with Crippen molar-refractivity contribution in [1.29, 1.82) is 0 Å². The number of hydrogen-bond donors (Lipinski definition) is 1. The van der Waals surface area contributed by atoms with Gasteiger partial charge in [0.1, 0.15) is 0 Å². The largest absolute Gasteiger partial charge is 0.487 e. The number of nitrogens with zero attached hydrogens (tertiary/aromatic N) is 1. The molecule has 1 aromatic rings. The van der Waals surface area contributed by atoms with Crippen molar-refractivity contribution in [2.24, 2.45) is 0 Å². The zero-order valence-corrected chi connectivity index (χ0v) is 11.5. The van der Waals surface area contributed by atoms with Gasteiger partial charge in [-0.3, -0.25) is 10.1 Å². The summed E-state index contributed by atoms with van der Waals surface area (Å²) in [5.74, 6) is 0.373. The fraction of sp³-hybridized carbons (Fsp3) is 0.571. The van der Waals surface area contributed by atoms with E-state index in [4.69, 9.17) is 9.84 Å². The second-order valence-electron chi connectivity index (χ2n) is 4.67. The van der Waals surface area contributed by atoms with Crippen molar-refractivity contribution in [3.05, 3.63) is 33.4 Å². The van der Waals surface area contributed by atoms with Gasteiger partial charge in [0.2, 0.25) is 0 Å². The quantitative estimate of drug-likeness (QED) is 0.446. The lowest BCUT2D eigenvalue weighted by molar-refractivity contribution is -0.386. The van der Waals surface area contributed by atoms with Crippen molar-refractivity contribution in [2.75, 3.05) is 13.2 Å². The maximum atomic E-state index is 11.0. The van der Waals surface area contributed by atoms with Gasteiger partial charge in [0.25, 0.3) is 0 Å². The minimum absolute atomic E-state index is 0.0351. The van der Waals surface area contributed by atoms with E-state index in [1.807, 2.05) is 19.9 Å². The number of aryl methyl sites for hydroxylation is 2. The Kier molecular flexibility index (Phi) is 6.29. The number of nitro benzene ring substituents is 1. The summed E-state index contributed by atoms with van der Waals surface area (Å²) in [5, 5.41) is 19.7. The predicted octanol–water partition coefficient (Wildman–Crippen LogP) is 3.14. The van der Waals surface area contributed by atoms with Gasteiger partial charge in [-0.05, 0) is 44.2 Å². The van der Waals surface area contributed by atoms with Crippen LogP contribution in [0.3, 0.4) is 0 Å².